The summed E-state index contributed by atoms with van der Waals surface area (Å²) >= 11 is 6.00. The largest absolute Gasteiger partial charge is 0.394 e. The van der Waals surface area contributed by atoms with Gasteiger partial charge in [-0.2, -0.15) is 4.72 Å². The number of carbonyl (C=O) groups excluding carboxylic acids is 2. The van der Waals surface area contributed by atoms with Crippen molar-refractivity contribution < 1.29 is 23.1 Å². The summed E-state index contributed by atoms with van der Waals surface area (Å²) in [6, 6.07) is 8.77. The van der Waals surface area contributed by atoms with Gasteiger partial charge in [-0.3, -0.25) is 9.59 Å². The number of hydrogen-bond donors (Lipinski definition) is 2. The fourth-order valence-corrected chi connectivity index (χ4v) is 6.04. The van der Waals surface area contributed by atoms with E-state index in [1.54, 1.807) is 35.2 Å². The maximum absolute atomic E-state index is 13.0. The SMILES string of the molecule is O=C1C(NS(=O)(=O)c2ccc3cc(Cl)ccc3c2)CCCN1CC(=O)N1CCCCC1CO. The van der Waals surface area contributed by atoms with Crippen molar-refractivity contribution in [3.63, 3.8) is 0 Å². The minimum atomic E-state index is -3.94. The van der Waals surface area contributed by atoms with Gasteiger partial charge in [0.25, 0.3) is 0 Å². The van der Waals surface area contributed by atoms with Crippen LogP contribution >= 0.6 is 11.6 Å². The molecular formula is C23H28ClN3O5S. The van der Waals surface area contributed by atoms with Gasteiger partial charge in [0, 0.05) is 18.1 Å². The molecule has 33 heavy (non-hydrogen) atoms. The Kier molecular flexibility index (Phi) is 7.23. The first kappa shape index (κ1) is 23.9. The molecule has 2 aliphatic heterocycles. The van der Waals surface area contributed by atoms with Crippen molar-refractivity contribution in [2.75, 3.05) is 26.2 Å². The standard InChI is InChI=1S/C23H28ClN3O5S/c24-18-8-6-17-13-20(9-7-16(17)12-18)33(31,32)25-21-5-3-10-26(23(21)30)14-22(29)27-11-2-1-4-19(27)15-28/h6-9,12-13,19,21,25,28H,1-5,10-11,14-15H2. The van der Waals surface area contributed by atoms with Crippen molar-refractivity contribution in [1.29, 1.82) is 0 Å². The summed E-state index contributed by atoms with van der Waals surface area (Å²) < 4.78 is 28.5. The molecule has 2 aromatic carbocycles. The molecule has 4 rings (SSSR count). The van der Waals surface area contributed by atoms with Crippen molar-refractivity contribution >= 4 is 44.2 Å². The molecular weight excluding hydrogens is 466 g/mol. The lowest BCUT2D eigenvalue weighted by Gasteiger charge is -2.38. The molecule has 178 valence electrons. The molecule has 0 radical (unpaired) electrons. The van der Waals surface area contributed by atoms with E-state index in [1.165, 1.54) is 11.0 Å². The zero-order valence-corrected chi connectivity index (χ0v) is 19.8. The van der Waals surface area contributed by atoms with Crippen molar-refractivity contribution in [2.24, 2.45) is 0 Å². The molecule has 8 nitrogen and oxygen atoms in total. The average Bonchev–Trinajstić information content (AvgIpc) is 2.81. The van der Waals surface area contributed by atoms with E-state index in [0.29, 0.717) is 31.0 Å². The zero-order chi connectivity index (χ0) is 23.6. The highest BCUT2D eigenvalue weighted by molar-refractivity contribution is 7.89. The Hall–Kier alpha value is -2.20. The molecule has 2 amide bonds. The van der Waals surface area contributed by atoms with Gasteiger partial charge in [0.15, 0.2) is 0 Å². The molecule has 2 aliphatic rings. The minimum absolute atomic E-state index is 0.0671. The number of benzene rings is 2. The van der Waals surface area contributed by atoms with Crippen LogP contribution in [0.4, 0.5) is 0 Å². The Balaban J connectivity index is 1.45. The number of nitrogens with one attached hydrogen (secondary N) is 1. The van der Waals surface area contributed by atoms with E-state index in [-0.39, 0.29) is 30.0 Å². The van der Waals surface area contributed by atoms with Crippen molar-refractivity contribution in [2.45, 2.75) is 49.1 Å². The summed E-state index contributed by atoms with van der Waals surface area (Å²) in [6.45, 7) is 0.761. The van der Waals surface area contributed by atoms with Gasteiger partial charge < -0.3 is 14.9 Å². The van der Waals surface area contributed by atoms with Crippen LogP contribution in [0.2, 0.25) is 5.02 Å². The van der Waals surface area contributed by atoms with Crippen LogP contribution in [0.15, 0.2) is 41.3 Å². The van der Waals surface area contributed by atoms with E-state index in [4.69, 9.17) is 11.6 Å². The molecule has 2 aromatic rings. The second-order valence-corrected chi connectivity index (χ2v) is 10.8. The van der Waals surface area contributed by atoms with E-state index in [2.05, 4.69) is 4.72 Å². The number of aliphatic hydroxyl groups is 1. The van der Waals surface area contributed by atoms with Crippen LogP contribution in [0.25, 0.3) is 10.8 Å². The number of rotatable bonds is 6. The number of carbonyl (C=O) groups is 2. The molecule has 0 bridgehead atoms. The first-order valence-electron chi connectivity index (χ1n) is 11.2. The molecule has 2 saturated heterocycles. The quantitative estimate of drug-likeness (QED) is 0.641. The smallest absolute Gasteiger partial charge is 0.242 e. The number of aliphatic hydroxyl groups excluding tert-OH is 1. The molecule has 10 heteroatoms. The van der Waals surface area contributed by atoms with E-state index >= 15 is 0 Å². The first-order chi connectivity index (χ1) is 15.8. The highest BCUT2D eigenvalue weighted by atomic mass is 35.5. The second kappa shape index (κ2) is 9.97. The van der Waals surface area contributed by atoms with E-state index in [1.807, 2.05) is 0 Å². The van der Waals surface area contributed by atoms with Gasteiger partial charge in [-0.15, -0.1) is 0 Å². The lowest BCUT2D eigenvalue weighted by atomic mass is 10.0. The minimum Gasteiger partial charge on any atom is -0.394 e. The van der Waals surface area contributed by atoms with Gasteiger partial charge in [-0.25, -0.2) is 8.42 Å². The first-order valence-corrected chi connectivity index (χ1v) is 13.1. The molecule has 2 N–H and O–H groups in total. The lowest BCUT2D eigenvalue weighted by molar-refractivity contribution is -0.145. The monoisotopic (exact) mass is 493 g/mol. The molecule has 0 spiro atoms. The predicted octanol–water partition coefficient (Wildman–Crippen LogP) is 2.14. The maximum atomic E-state index is 13.0. The Bertz CT molecular complexity index is 1160. The number of halogens is 1. The van der Waals surface area contributed by atoms with Crippen LogP contribution in [0, 0.1) is 0 Å². The molecule has 0 aliphatic carbocycles. The molecule has 2 atom stereocenters. The Labute approximate surface area is 198 Å². The summed E-state index contributed by atoms with van der Waals surface area (Å²) in [5.41, 5.74) is 0. The molecule has 0 aromatic heterocycles. The fourth-order valence-electron chi connectivity index (χ4n) is 4.60. The molecule has 2 fully saturated rings. The Morgan fingerprint density at radius 2 is 1.82 bits per heavy atom. The third-order valence-corrected chi connectivity index (χ3v) is 8.10. The number of fused-ring (bicyclic) bond motifs is 1. The van der Waals surface area contributed by atoms with E-state index in [0.717, 1.165) is 30.0 Å². The van der Waals surface area contributed by atoms with Gasteiger partial charge in [-0.05, 0) is 67.1 Å². The van der Waals surface area contributed by atoms with E-state index in [9.17, 15) is 23.1 Å². The normalized spacial score (nSPS) is 22.1. The third-order valence-electron chi connectivity index (χ3n) is 6.40. The van der Waals surface area contributed by atoms with Crippen molar-refractivity contribution in [1.82, 2.24) is 14.5 Å². The summed E-state index contributed by atoms with van der Waals surface area (Å²) in [6.07, 6.45) is 3.54. The molecule has 2 heterocycles. The average molecular weight is 494 g/mol. The number of sulfonamides is 1. The summed E-state index contributed by atoms with van der Waals surface area (Å²) in [7, 11) is -3.94. The third kappa shape index (κ3) is 5.32. The highest BCUT2D eigenvalue weighted by Gasteiger charge is 2.35. The van der Waals surface area contributed by atoms with Crippen LogP contribution in [0.1, 0.15) is 32.1 Å². The zero-order valence-electron chi connectivity index (χ0n) is 18.2. The van der Waals surface area contributed by atoms with Crippen LogP contribution < -0.4 is 4.72 Å². The van der Waals surface area contributed by atoms with Gasteiger partial charge in [-0.1, -0.05) is 23.7 Å². The van der Waals surface area contributed by atoms with Gasteiger partial charge in [0.05, 0.1) is 24.1 Å². The molecule has 0 saturated carbocycles. The van der Waals surface area contributed by atoms with E-state index < -0.39 is 22.0 Å². The van der Waals surface area contributed by atoms with Crippen LogP contribution in [-0.4, -0.2) is 73.5 Å². The fraction of sp³-hybridized carbons (Fsp3) is 0.478. The number of nitrogens with zero attached hydrogens (tertiary/aromatic N) is 2. The number of amides is 2. The summed E-state index contributed by atoms with van der Waals surface area (Å²) in [5, 5.41) is 11.7. The van der Waals surface area contributed by atoms with Crippen molar-refractivity contribution in [3.05, 3.63) is 41.4 Å². The van der Waals surface area contributed by atoms with Crippen LogP contribution in [0.5, 0.6) is 0 Å². The second-order valence-electron chi connectivity index (χ2n) is 8.65. The maximum Gasteiger partial charge on any atom is 0.242 e. The number of likely N-dealkylation sites (tertiary alicyclic amines) is 2. The van der Waals surface area contributed by atoms with Crippen LogP contribution in [0.3, 0.4) is 0 Å². The predicted molar refractivity (Wildman–Crippen MR) is 125 cm³/mol. The van der Waals surface area contributed by atoms with Gasteiger partial charge >= 0.3 is 0 Å². The van der Waals surface area contributed by atoms with Gasteiger partial charge in [0.2, 0.25) is 21.8 Å². The number of hydrogen-bond acceptors (Lipinski definition) is 5. The van der Waals surface area contributed by atoms with Crippen LogP contribution in [-0.2, 0) is 19.6 Å². The summed E-state index contributed by atoms with van der Waals surface area (Å²) in [4.78, 5) is 29.0. The topological polar surface area (TPSA) is 107 Å². The molecule has 2 unspecified atom stereocenters. The highest BCUT2D eigenvalue weighted by Crippen LogP contribution is 2.24. The van der Waals surface area contributed by atoms with Crippen molar-refractivity contribution in [3.8, 4) is 0 Å². The number of piperidine rings is 2. The Morgan fingerprint density at radius 1 is 1.06 bits per heavy atom. The lowest BCUT2D eigenvalue weighted by Crippen LogP contribution is -2.56. The van der Waals surface area contributed by atoms with Gasteiger partial charge in [0.1, 0.15) is 6.04 Å². The Morgan fingerprint density at radius 3 is 2.61 bits per heavy atom. The summed E-state index contributed by atoms with van der Waals surface area (Å²) in [5.74, 6) is -0.609.